The van der Waals surface area contributed by atoms with E-state index in [1.54, 1.807) is 30.4 Å². The van der Waals surface area contributed by atoms with E-state index < -0.39 is 16.9 Å². The molecule has 0 atom stereocenters. The minimum absolute atomic E-state index is 0.00190. The van der Waals surface area contributed by atoms with E-state index in [0.717, 1.165) is 22.3 Å². The highest BCUT2D eigenvalue weighted by Crippen LogP contribution is 2.35. The number of hydrogen-bond donors (Lipinski definition) is 1. The van der Waals surface area contributed by atoms with E-state index in [0.29, 0.717) is 23.5 Å². The lowest BCUT2D eigenvalue weighted by atomic mass is 10.0. The molecule has 1 saturated heterocycles. The van der Waals surface area contributed by atoms with Crippen LogP contribution in [0.5, 0.6) is 11.5 Å². The first-order valence-corrected chi connectivity index (χ1v) is 11.9. The number of rotatable bonds is 10. The second-order valence-electron chi connectivity index (χ2n) is 8.78. The predicted molar refractivity (Wildman–Crippen MR) is 143 cm³/mol. The molecular formula is C29H27N3O6. The van der Waals surface area contributed by atoms with Gasteiger partial charge in [-0.15, -0.1) is 6.58 Å². The number of benzene rings is 3. The van der Waals surface area contributed by atoms with E-state index in [1.807, 2.05) is 37.3 Å². The Labute approximate surface area is 220 Å². The molecule has 1 aliphatic rings. The molecule has 1 heterocycles. The number of urea groups is 1. The number of allylic oxidation sites excluding steroid dienone is 1. The van der Waals surface area contributed by atoms with Crippen molar-refractivity contribution in [3.8, 4) is 11.5 Å². The molecule has 3 amide bonds. The molecule has 0 unspecified atom stereocenters. The Bertz CT molecular complexity index is 1410. The Kier molecular flexibility index (Phi) is 7.86. The second-order valence-corrected chi connectivity index (χ2v) is 8.78. The average Bonchev–Trinajstić information content (AvgIpc) is 3.16. The number of imide groups is 1. The number of carbonyl (C=O) groups is 2. The SMILES string of the molecule is C=CCc1cc(/C=C2/NC(=O)N(Cc3ccc(C)cc3)C2=O)cc(OC)c1OCc1ccc([N+](=O)[O-])cc1. The van der Waals surface area contributed by atoms with Gasteiger partial charge >= 0.3 is 6.03 Å². The third-order valence-corrected chi connectivity index (χ3v) is 6.00. The molecule has 0 spiro atoms. The summed E-state index contributed by atoms with van der Waals surface area (Å²) < 4.78 is 11.6. The quantitative estimate of drug-likeness (QED) is 0.129. The lowest BCUT2D eigenvalue weighted by Gasteiger charge is -2.16. The molecule has 0 aromatic heterocycles. The van der Waals surface area contributed by atoms with Gasteiger partial charge in [-0.05, 0) is 60.4 Å². The Balaban J connectivity index is 1.56. The number of nitro groups is 1. The van der Waals surface area contributed by atoms with Crippen molar-refractivity contribution >= 4 is 23.7 Å². The number of ether oxygens (including phenoxy) is 2. The first kappa shape index (κ1) is 26.2. The normalized spacial score (nSPS) is 13.9. The standard InChI is InChI=1S/C29H27N3O6/c1-4-5-23-14-22(15-25-28(33)31(29(34)30-25)17-20-8-6-19(2)7-9-20)16-26(37-3)27(23)38-18-21-10-12-24(13-11-21)32(35)36/h4,6-16H,1,5,17-18H2,2-3H3,(H,30,34)/b25-15+. The molecule has 9 nitrogen and oxygen atoms in total. The lowest BCUT2D eigenvalue weighted by Crippen LogP contribution is -2.30. The van der Waals surface area contributed by atoms with Crippen molar-refractivity contribution in [2.75, 3.05) is 7.11 Å². The molecule has 4 rings (SSSR count). The van der Waals surface area contributed by atoms with Crippen LogP contribution in [-0.2, 0) is 24.4 Å². The number of nitro benzene ring substituents is 1. The summed E-state index contributed by atoms with van der Waals surface area (Å²) in [6, 6.07) is 16.8. The van der Waals surface area contributed by atoms with E-state index in [1.165, 1.54) is 24.1 Å². The van der Waals surface area contributed by atoms with Crippen LogP contribution in [0.2, 0.25) is 0 Å². The zero-order valence-electron chi connectivity index (χ0n) is 21.1. The first-order chi connectivity index (χ1) is 18.3. The first-order valence-electron chi connectivity index (χ1n) is 11.9. The van der Waals surface area contributed by atoms with Crippen LogP contribution < -0.4 is 14.8 Å². The highest BCUT2D eigenvalue weighted by atomic mass is 16.6. The van der Waals surface area contributed by atoms with Crippen LogP contribution in [0.4, 0.5) is 10.5 Å². The van der Waals surface area contributed by atoms with Gasteiger partial charge in [0.1, 0.15) is 12.3 Å². The fourth-order valence-corrected chi connectivity index (χ4v) is 4.02. The number of non-ortho nitro benzene ring substituents is 1. The fraction of sp³-hybridized carbons (Fsp3) is 0.172. The molecule has 194 valence electrons. The summed E-state index contributed by atoms with van der Waals surface area (Å²) >= 11 is 0. The van der Waals surface area contributed by atoms with Crippen molar-refractivity contribution in [3.63, 3.8) is 0 Å². The average molecular weight is 514 g/mol. The number of carbonyl (C=O) groups excluding carboxylic acids is 2. The molecule has 0 bridgehead atoms. The van der Waals surface area contributed by atoms with Crippen LogP contribution in [0.3, 0.4) is 0 Å². The number of aryl methyl sites for hydroxylation is 1. The number of nitrogens with one attached hydrogen (secondary N) is 1. The van der Waals surface area contributed by atoms with Crippen LogP contribution in [0, 0.1) is 17.0 Å². The summed E-state index contributed by atoms with van der Waals surface area (Å²) in [6.07, 6.45) is 3.78. The van der Waals surface area contributed by atoms with E-state index in [4.69, 9.17) is 9.47 Å². The molecular weight excluding hydrogens is 486 g/mol. The van der Waals surface area contributed by atoms with Crippen LogP contribution in [0.1, 0.15) is 27.8 Å². The molecule has 3 aromatic carbocycles. The van der Waals surface area contributed by atoms with Gasteiger partial charge in [-0.2, -0.15) is 0 Å². The lowest BCUT2D eigenvalue weighted by molar-refractivity contribution is -0.384. The molecule has 0 saturated carbocycles. The molecule has 0 aliphatic carbocycles. The summed E-state index contributed by atoms with van der Waals surface area (Å²) in [5.41, 5.74) is 4.26. The highest BCUT2D eigenvalue weighted by Gasteiger charge is 2.33. The van der Waals surface area contributed by atoms with Crippen molar-refractivity contribution < 1.29 is 24.0 Å². The van der Waals surface area contributed by atoms with Crippen molar-refractivity contribution in [1.82, 2.24) is 10.2 Å². The number of nitrogens with zero attached hydrogens (tertiary/aromatic N) is 2. The molecule has 1 aliphatic heterocycles. The van der Waals surface area contributed by atoms with Crippen molar-refractivity contribution in [2.45, 2.75) is 26.5 Å². The maximum atomic E-state index is 13.0. The summed E-state index contributed by atoms with van der Waals surface area (Å²) in [4.78, 5) is 37.2. The van der Waals surface area contributed by atoms with Crippen molar-refractivity contribution in [1.29, 1.82) is 0 Å². The Hall–Kier alpha value is -4.92. The van der Waals surface area contributed by atoms with Gasteiger partial charge in [0.15, 0.2) is 11.5 Å². The Morgan fingerprint density at radius 3 is 2.37 bits per heavy atom. The summed E-state index contributed by atoms with van der Waals surface area (Å²) in [7, 11) is 1.51. The van der Waals surface area contributed by atoms with E-state index in [9.17, 15) is 19.7 Å². The van der Waals surface area contributed by atoms with Crippen molar-refractivity contribution in [2.24, 2.45) is 0 Å². The van der Waals surface area contributed by atoms with Gasteiger partial charge in [-0.1, -0.05) is 35.9 Å². The molecule has 38 heavy (non-hydrogen) atoms. The molecule has 9 heteroatoms. The number of hydrogen-bond acceptors (Lipinski definition) is 6. The monoisotopic (exact) mass is 513 g/mol. The molecule has 1 N–H and O–H groups in total. The van der Waals surface area contributed by atoms with Crippen LogP contribution in [-0.4, -0.2) is 28.9 Å². The zero-order valence-corrected chi connectivity index (χ0v) is 21.1. The minimum Gasteiger partial charge on any atom is -0.493 e. The Morgan fingerprint density at radius 2 is 1.74 bits per heavy atom. The van der Waals surface area contributed by atoms with Gasteiger partial charge < -0.3 is 14.8 Å². The number of amides is 3. The van der Waals surface area contributed by atoms with Gasteiger partial charge in [0.05, 0.1) is 18.6 Å². The van der Waals surface area contributed by atoms with Gasteiger partial charge in [-0.3, -0.25) is 19.8 Å². The molecule has 3 aromatic rings. The highest BCUT2D eigenvalue weighted by molar-refractivity contribution is 6.13. The van der Waals surface area contributed by atoms with Crippen LogP contribution in [0.15, 0.2) is 79.0 Å². The smallest absolute Gasteiger partial charge is 0.329 e. The van der Waals surface area contributed by atoms with Crippen LogP contribution >= 0.6 is 0 Å². The third-order valence-electron chi connectivity index (χ3n) is 6.00. The fourth-order valence-electron chi connectivity index (χ4n) is 4.02. The Morgan fingerprint density at radius 1 is 1.05 bits per heavy atom. The summed E-state index contributed by atoms with van der Waals surface area (Å²) in [5.74, 6) is 0.514. The van der Waals surface area contributed by atoms with Gasteiger partial charge in [0.25, 0.3) is 11.6 Å². The maximum Gasteiger partial charge on any atom is 0.329 e. The zero-order chi connectivity index (χ0) is 27.2. The van der Waals surface area contributed by atoms with E-state index >= 15 is 0 Å². The van der Waals surface area contributed by atoms with Gasteiger partial charge in [-0.25, -0.2) is 4.79 Å². The summed E-state index contributed by atoms with van der Waals surface area (Å²) in [6.45, 7) is 6.12. The van der Waals surface area contributed by atoms with Crippen LogP contribution in [0.25, 0.3) is 6.08 Å². The third kappa shape index (κ3) is 5.89. The summed E-state index contributed by atoms with van der Waals surface area (Å²) in [5, 5.41) is 13.5. The predicted octanol–water partition coefficient (Wildman–Crippen LogP) is 5.31. The second kappa shape index (κ2) is 11.4. The van der Waals surface area contributed by atoms with E-state index in [2.05, 4.69) is 11.9 Å². The largest absolute Gasteiger partial charge is 0.493 e. The maximum absolute atomic E-state index is 13.0. The van der Waals surface area contributed by atoms with E-state index in [-0.39, 0.29) is 24.5 Å². The van der Waals surface area contributed by atoms with Gasteiger partial charge in [0, 0.05) is 17.7 Å². The molecule has 0 radical (unpaired) electrons. The topological polar surface area (TPSA) is 111 Å². The van der Waals surface area contributed by atoms with Crippen molar-refractivity contribution in [3.05, 3.63) is 117 Å². The number of methoxy groups -OCH3 is 1. The molecule has 1 fully saturated rings. The van der Waals surface area contributed by atoms with Gasteiger partial charge in [0.2, 0.25) is 0 Å². The minimum atomic E-state index is -0.483.